The third-order valence-corrected chi connectivity index (χ3v) is 9.85. The fraction of sp³-hybridized carbons (Fsp3) is 0.350. The minimum absolute atomic E-state index is 0.0270. The lowest BCUT2D eigenvalue weighted by atomic mass is 9.81. The molecule has 0 spiro atoms. The lowest BCUT2D eigenvalue weighted by Gasteiger charge is -2.36. The minimum Gasteiger partial charge on any atom is -0.459 e. The van der Waals surface area contributed by atoms with Gasteiger partial charge in [0.1, 0.15) is 0 Å². The molecule has 0 saturated heterocycles. The van der Waals surface area contributed by atoms with Gasteiger partial charge in [0.15, 0.2) is 5.76 Å². The minimum atomic E-state index is -0.893. The van der Waals surface area contributed by atoms with Crippen molar-refractivity contribution in [2.24, 2.45) is 13.0 Å². The quantitative estimate of drug-likeness (QED) is 0.122. The van der Waals surface area contributed by atoms with Crippen LogP contribution in [-0.2, 0) is 30.8 Å². The summed E-state index contributed by atoms with van der Waals surface area (Å²) in [4.78, 5) is 55.7. The zero-order valence-corrected chi connectivity index (χ0v) is 31.3. The molecule has 2 aliphatic rings. The molecule has 2 N–H and O–H groups in total. The molecule has 0 aliphatic carbocycles. The first-order chi connectivity index (χ1) is 26.0. The second-order valence-electron chi connectivity index (χ2n) is 13.0. The van der Waals surface area contributed by atoms with E-state index in [0.717, 1.165) is 4.90 Å². The van der Waals surface area contributed by atoms with Gasteiger partial charge in [0.25, 0.3) is 23.3 Å². The van der Waals surface area contributed by atoms with Crippen molar-refractivity contribution in [3.63, 3.8) is 0 Å². The molecule has 3 heterocycles. The number of para-hydroxylation sites is 1. The van der Waals surface area contributed by atoms with Crippen molar-refractivity contribution in [2.45, 2.75) is 39.4 Å². The van der Waals surface area contributed by atoms with E-state index in [2.05, 4.69) is 5.32 Å². The summed E-state index contributed by atoms with van der Waals surface area (Å²) in [6.07, 6.45) is 1.21. The zero-order chi connectivity index (χ0) is 38.5. The number of carbonyl (C=O) groups is 3. The zero-order valence-electron chi connectivity index (χ0n) is 30.5. The monoisotopic (exact) mass is 758 g/mol. The van der Waals surface area contributed by atoms with Crippen molar-refractivity contribution in [1.82, 2.24) is 9.36 Å². The molecule has 3 aromatic carbocycles. The van der Waals surface area contributed by atoms with Crippen LogP contribution in [0, 0.1) is 19.8 Å². The van der Waals surface area contributed by atoms with Gasteiger partial charge in [0, 0.05) is 54.1 Å². The van der Waals surface area contributed by atoms with Crippen molar-refractivity contribution in [1.29, 1.82) is 0 Å². The first kappa shape index (κ1) is 38.7. The molecule has 0 bridgehead atoms. The van der Waals surface area contributed by atoms with Crippen LogP contribution in [0.3, 0.4) is 0 Å². The highest BCUT2D eigenvalue weighted by Gasteiger charge is 2.41. The average Bonchev–Trinajstić information content (AvgIpc) is 3.53. The Morgan fingerprint density at radius 2 is 1.65 bits per heavy atom. The lowest BCUT2D eigenvalue weighted by molar-refractivity contribution is -0.166. The molecular weight excluding hydrogens is 716 g/mol. The number of fused-ring (bicyclic) bond motifs is 1. The molecule has 4 aromatic rings. The van der Waals surface area contributed by atoms with Crippen LogP contribution in [0.25, 0.3) is 5.69 Å². The van der Waals surface area contributed by atoms with Gasteiger partial charge >= 0.3 is 0 Å². The second-order valence-corrected chi connectivity index (χ2v) is 13.4. The van der Waals surface area contributed by atoms with Crippen molar-refractivity contribution in [3.8, 4) is 5.69 Å². The molecule has 0 radical (unpaired) electrons. The van der Waals surface area contributed by atoms with Gasteiger partial charge in [0.2, 0.25) is 6.29 Å². The third-order valence-electron chi connectivity index (χ3n) is 9.62. The first-order valence-corrected chi connectivity index (χ1v) is 18.1. The van der Waals surface area contributed by atoms with Crippen molar-refractivity contribution in [3.05, 3.63) is 122 Å². The van der Waals surface area contributed by atoms with Gasteiger partial charge in [-0.15, -0.1) is 0 Å². The summed E-state index contributed by atoms with van der Waals surface area (Å²) >= 11 is 6.09. The highest BCUT2D eigenvalue weighted by atomic mass is 35.5. The predicted molar refractivity (Wildman–Crippen MR) is 202 cm³/mol. The maximum Gasteiger partial charge on any atom is 0.290 e. The maximum absolute atomic E-state index is 14.3. The number of benzene rings is 3. The topological polar surface area (TPSA) is 151 Å². The van der Waals surface area contributed by atoms with E-state index in [0.29, 0.717) is 65.1 Å². The highest BCUT2D eigenvalue weighted by molar-refractivity contribution is 6.37. The standard InChI is InChI=1S/C40H43ClN4O9/c1-5-53-40-30(15-17-51-19-20-52-18-16-46)31(35-25(3)43(4)45(39(35)50)28-9-7-6-8-10-28)23-34(54-40)36(47)42-27-12-14-33(24(2)21-27)44-37(48)29-13-11-26(41)22-32(29)38(44)49/h6-14,21-23,30-31,40,46H,5,15-20H2,1-4H3,(H,42,47)/t30-,31+,40-/m0/s1. The number of aliphatic hydroxyl groups is 1. The highest BCUT2D eigenvalue weighted by Crippen LogP contribution is 2.40. The number of ether oxygens (including phenoxy) is 4. The van der Waals surface area contributed by atoms with E-state index >= 15 is 0 Å². The summed E-state index contributed by atoms with van der Waals surface area (Å²) in [6.45, 7) is 6.79. The Kier molecular flexibility index (Phi) is 12.1. The Morgan fingerprint density at radius 1 is 0.926 bits per heavy atom. The van der Waals surface area contributed by atoms with Crippen LogP contribution in [0.15, 0.2) is 83.4 Å². The molecule has 1 aromatic heterocycles. The fourth-order valence-corrected chi connectivity index (χ4v) is 7.13. The molecule has 0 fully saturated rings. The van der Waals surface area contributed by atoms with E-state index in [4.69, 9.17) is 35.7 Å². The van der Waals surface area contributed by atoms with E-state index in [1.54, 1.807) is 46.6 Å². The van der Waals surface area contributed by atoms with E-state index in [1.165, 1.54) is 12.1 Å². The Balaban J connectivity index is 1.30. The number of aliphatic hydroxyl groups excluding tert-OH is 1. The number of imide groups is 1. The van der Waals surface area contributed by atoms with Crippen molar-refractivity contribution < 1.29 is 38.4 Å². The average molecular weight is 759 g/mol. The molecular formula is C40H43ClN4O9. The Bertz CT molecular complexity index is 2130. The molecule has 6 rings (SSSR count). The van der Waals surface area contributed by atoms with Gasteiger partial charge in [-0.2, -0.15) is 0 Å². The second kappa shape index (κ2) is 17.0. The number of hydrogen-bond acceptors (Lipinski definition) is 9. The van der Waals surface area contributed by atoms with E-state index in [9.17, 15) is 19.2 Å². The number of nitrogens with one attached hydrogen (secondary N) is 1. The van der Waals surface area contributed by atoms with E-state index in [1.807, 2.05) is 51.2 Å². The number of nitrogens with zero attached hydrogens (tertiary/aromatic N) is 3. The Labute approximate surface area is 317 Å². The van der Waals surface area contributed by atoms with E-state index in [-0.39, 0.29) is 42.3 Å². The summed E-state index contributed by atoms with van der Waals surface area (Å²) in [6, 6.07) is 18.7. The number of hydrogen-bond donors (Lipinski definition) is 2. The fourth-order valence-electron chi connectivity index (χ4n) is 6.96. The van der Waals surface area contributed by atoms with Gasteiger partial charge in [-0.05, 0) is 87.4 Å². The predicted octanol–water partition coefficient (Wildman–Crippen LogP) is 5.28. The van der Waals surface area contributed by atoms with Gasteiger partial charge < -0.3 is 29.4 Å². The third kappa shape index (κ3) is 7.77. The molecule has 284 valence electrons. The van der Waals surface area contributed by atoms with Crippen LogP contribution in [0.5, 0.6) is 0 Å². The SMILES string of the molecule is CCO[C@H]1OC(C(=O)Nc2ccc(N3C(=O)c4ccc(Cl)cc4C3=O)c(C)c2)=C[C@@H](c2c(C)n(C)n(-c3ccccc3)c2=O)[C@@H]1CCOCCOCCO. The molecule has 3 amide bonds. The maximum atomic E-state index is 14.3. The largest absolute Gasteiger partial charge is 0.459 e. The molecule has 0 saturated carbocycles. The summed E-state index contributed by atoms with van der Waals surface area (Å²) in [5, 5.41) is 12.2. The van der Waals surface area contributed by atoms with Gasteiger partial charge in [-0.3, -0.25) is 23.9 Å². The van der Waals surface area contributed by atoms with Gasteiger partial charge in [-0.1, -0.05) is 29.8 Å². The first-order valence-electron chi connectivity index (χ1n) is 17.8. The molecule has 14 heteroatoms. The van der Waals surface area contributed by atoms with Gasteiger partial charge in [-0.25, -0.2) is 9.58 Å². The molecule has 0 unspecified atom stereocenters. The summed E-state index contributed by atoms with van der Waals surface area (Å²) in [5.74, 6) is -2.54. The lowest BCUT2D eigenvalue weighted by Crippen LogP contribution is -2.39. The van der Waals surface area contributed by atoms with Crippen LogP contribution in [-0.4, -0.2) is 78.1 Å². The van der Waals surface area contributed by atoms with Crippen LogP contribution < -0.4 is 15.8 Å². The number of aromatic nitrogens is 2. The van der Waals surface area contributed by atoms with Crippen LogP contribution in [0.2, 0.25) is 5.02 Å². The number of halogens is 1. The van der Waals surface area contributed by atoms with Gasteiger partial charge in [0.05, 0.1) is 48.9 Å². The summed E-state index contributed by atoms with van der Waals surface area (Å²) in [5.41, 5.74) is 3.51. The number of aryl methyl sites for hydroxylation is 1. The van der Waals surface area contributed by atoms with Crippen LogP contribution in [0.1, 0.15) is 56.8 Å². The molecule has 2 aliphatic heterocycles. The molecule has 54 heavy (non-hydrogen) atoms. The summed E-state index contributed by atoms with van der Waals surface area (Å²) < 4.78 is 26.9. The van der Waals surface area contributed by atoms with Crippen molar-refractivity contribution in [2.75, 3.05) is 49.9 Å². The number of anilines is 2. The number of allylic oxidation sites excluding steroid dienone is 1. The number of amides is 3. The Hall–Kier alpha value is -5.05. The van der Waals surface area contributed by atoms with Crippen LogP contribution >= 0.6 is 11.6 Å². The molecule has 3 atom stereocenters. The smallest absolute Gasteiger partial charge is 0.290 e. The molecule has 13 nitrogen and oxygen atoms in total. The normalized spacial score (nSPS) is 18.1. The van der Waals surface area contributed by atoms with E-state index < -0.39 is 35.8 Å². The number of carbonyl (C=O) groups excluding carboxylic acids is 3. The van der Waals surface area contributed by atoms with Crippen molar-refractivity contribution >= 4 is 40.7 Å². The Morgan fingerprint density at radius 3 is 2.35 bits per heavy atom. The summed E-state index contributed by atoms with van der Waals surface area (Å²) in [7, 11) is 1.82. The number of rotatable bonds is 15. The van der Waals surface area contributed by atoms with Crippen LogP contribution in [0.4, 0.5) is 11.4 Å².